The number of carbonyl (C=O) groups is 1. The molecule has 4 unspecified atom stereocenters. The van der Waals surface area contributed by atoms with Crippen LogP contribution < -0.4 is 11.1 Å². The Morgan fingerprint density at radius 2 is 2.00 bits per heavy atom. The van der Waals surface area contributed by atoms with E-state index in [-0.39, 0.29) is 17.9 Å². The van der Waals surface area contributed by atoms with Gasteiger partial charge < -0.3 is 15.8 Å². The maximum Gasteiger partial charge on any atom is 0.225 e. The van der Waals surface area contributed by atoms with E-state index in [2.05, 4.69) is 5.32 Å². The van der Waals surface area contributed by atoms with E-state index in [0.717, 1.165) is 12.0 Å². The average Bonchev–Trinajstić information content (AvgIpc) is 3.08. The zero-order valence-electron chi connectivity index (χ0n) is 12.3. The first-order valence-electron chi connectivity index (χ1n) is 7.90. The molecular weight excluding hydrogens is 264 g/mol. The van der Waals surface area contributed by atoms with Crippen LogP contribution in [0, 0.1) is 17.8 Å². The van der Waals surface area contributed by atoms with Crippen LogP contribution in [0.5, 0.6) is 0 Å². The van der Waals surface area contributed by atoms with Gasteiger partial charge in [-0.15, -0.1) is 0 Å². The highest BCUT2D eigenvalue weighted by Crippen LogP contribution is 2.47. The summed E-state index contributed by atoms with van der Waals surface area (Å²) >= 11 is 0. The van der Waals surface area contributed by atoms with E-state index in [1.54, 1.807) is 0 Å². The summed E-state index contributed by atoms with van der Waals surface area (Å²) in [4.78, 5) is 12.2. The quantitative estimate of drug-likeness (QED) is 0.783. The molecule has 114 valence electrons. The number of rotatable bonds is 6. The molecule has 0 radical (unpaired) electrons. The molecule has 0 spiro atoms. The third-order valence-electron chi connectivity index (χ3n) is 4.94. The lowest BCUT2D eigenvalue weighted by atomic mass is 9.84. The Morgan fingerprint density at radius 3 is 2.71 bits per heavy atom. The summed E-state index contributed by atoms with van der Waals surface area (Å²) in [7, 11) is 0. The van der Waals surface area contributed by atoms with Gasteiger partial charge in [-0.3, -0.25) is 4.79 Å². The molecule has 0 saturated heterocycles. The van der Waals surface area contributed by atoms with Gasteiger partial charge in [0.1, 0.15) is 0 Å². The number of amides is 1. The largest absolute Gasteiger partial charge is 0.375 e. The van der Waals surface area contributed by atoms with Gasteiger partial charge in [-0.2, -0.15) is 0 Å². The first-order valence-corrected chi connectivity index (χ1v) is 7.90. The van der Waals surface area contributed by atoms with Crippen LogP contribution in [0.25, 0.3) is 0 Å². The van der Waals surface area contributed by atoms with Crippen molar-refractivity contribution in [1.29, 1.82) is 0 Å². The van der Waals surface area contributed by atoms with E-state index in [1.165, 1.54) is 12.8 Å². The van der Waals surface area contributed by atoms with Crippen molar-refractivity contribution in [3.8, 4) is 0 Å². The number of hydrogen-bond donors (Lipinski definition) is 2. The van der Waals surface area contributed by atoms with Crippen molar-refractivity contribution in [3.05, 3.63) is 35.9 Å². The zero-order chi connectivity index (χ0) is 14.7. The molecule has 2 fully saturated rings. The number of nitrogens with two attached hydrogens (primary N) is 1. The van der Waals surface area contributed by atoms with Gasteiger partial charge in [-0.05, 0) is 36.7 Å². The fourth-order valence-corrected chi connectivity index (χ4v) is 3.85. The first-order chi connectivity index (χ1) is 10.3. The second kappa shape index (κ2) is 6.58. The summed E-state index contributed by atoms with van der Waals surface area (Å²) in [6.07, 6.45) is 3.51. The minimum Gasteiger partial charge on any atom is -0.375 e. The molecular formula is C17H24N2O2. The van der Waals surface area contributed by atoms with Crippen LogP contribution in [0.4, 0.5) is 0 Å². The molecule has 1 aromatic carbocycles. The molecule has 4 heteroatoms. The molecule has 3 rings (SSSR count). The Hall–Kier alpha value is -1.39. The summed E-state index contributed by atoms with van der Waals surface area (Å²) < 4.78 is 5.58. The minimum absolute atomic E-state index is 0.0258. The topological polar surface area (TPSA) is 64.4 Å². The van der Waals surface area contributed by atoms with Gasteiger partial charge in [0.25, 0.3) is 0 Å². The summed E-state index contributed by atoms with van der Waals surface area (Å²) in [5, 5.41) is 2.98. The summed E-state index contributed by atoms with van der Waals surface area (Å²) in [6.45, 7) is 1.69. The monoisotopic (exact) mass is 288 g/mol. The normalized spacial score (nSPS) is 30.5. The first kappa shape index (κ1) is 14.5. The lowest BCUT2D eigenvalue weighted by Crippen LogP contribution is -2.45. The Bertz CT molecular complexity index is 475. The van der Waals surface area contributed by atoms with Crippen LogP contribution in [-0.2, 0) is 16.1 Å². The fraction of sp³-hybridized carbons (Fsp3) is 0.588. The molecule has 0 aliphatic heterocycles. The Balaban J connectivity index is 1.35. The van der Waals surface area contributed by atoms with Gasteiger partial charge in [-0.1, -0.05) is 30.3 Å². The maximum atomic E-state index is 12.2. The highest BCUT2D eigenvalue weighted by atomic mass is 16.5. The van der Waals surface area contributed by atoms with Crippen LogP contribution >= 0.6 is 0 Å². The van der Waals surface area contributed by atoms with Crippen molar-refractivity contribution < 1.29 is 9.53 Å². The van der Waals surface area contributed by atoms with Crippen LogP contribution in [0.3, 0.4) is 0 Å². The predicted molar refractivity (Wildman–Crippen MR) is 81.4 cm³/mol. The van der Waals surface area contributed by atoms with Gasteiger partial charge in [-0.25, -0.2) is 0 Å². The highest BCUT2D eigenvalue weighted by Gasteiger charge is 2.48. The van der Waals surface area contributed by atoms with E-state index in [4.69, 9.17) is 10.5 Å². The smallest absolute Gasteiger partial charge is 0.225 e. The van der Waals surface area contributed by atoms with Gasteiger partial charge >= 0.3 is 0 Å². The van der Waals surface area contributed by atoms with Crippen molar-refractivity contribution in [2.24, 2.45) is 23.5 Å². The van der Waals surface area contributed by atoms with Crippen LogP contribution in [-0.4, -0.2) is 25.1 Å². The fourth-order valence-electron chi connectivity index (χ4n) is 3.85. The molecule has 3 N–H and O–H groups in total. The molecule has 0 aromatic heterocycles. The third kappa shape index (κ3) is 3.27. The minimum atomic E-state index is 0.0258. The standard InChI is InChI=1S/C17H24N2O2/c18-16-14-7-6-13(10-14)15(16)17(20)19-8-9-21-11-12-4-2-1-3-5-12/h1-5,13-16H,6-11,18H2,(H,19,20). The van der Waals surface area contributed by atoms with Gasteiger partial charge in [0.05, 0.1) is 19.1 Å². The Labute approximate surface area is 126 Å². The maximum absolute atomic E-state index is 12.2. The summed E-state index contributed by atoms with van der Waals surface area (Å²) in [5.74, 6) is 1.23. The third-order valence-corrected chi connectivity index (χ3v) is 4.94. The van der Waals surface area contributed by atoms with E-state index in [1.807, 2.05) is 30.3 Å². The van der Waals surface area contributed by atoms with Crippen molar-refractivity contribution in [3.63, 3.8) is 0 Å². The second-order valence-electron chi connectivity index (χ2n) is 6.27. The van der Waals surface area contributed by atoms with Crippen molar-refractivity contribution in [2.75, 3.05) is 13.2 Å². The molecule has 2 aliphatic rings. The van der Waals surface area contributed by atoms with Crippen LogP contribution in [0.1, 0.15) is 24.8 Å². The molecule has 21 heavy (non-hydrogen) atoms. The lowest BCUT2D eigenvalue weighted by Gasteiger charge is -2.26. The molecule has 1 amide bonds. The number of carbonyl (C=O) groups excluding carboxylic acids is 1. The average molecular weight is 288 g/mol. The predicted octanol–water partition coefficient (Wildman–Crippen LogP) is 1.69. The van der Waals surface area contributed by atoms with Gasteiger partial charge in [0.2, 0.25) is 5.91 Å². The molecule has 0 heterocycles. The molecule has 1 aromatic rings. The van der Waals surface area contributed by atoms with Crippen molar-refractivity contribution in [1.82, 2.24) is 5.32 Å². The van der Waals surface area contributed by atoms with E-state index >= 15 is 0 Å². The van der Waals surface area contributed by atoms with Crippen LogP contribution in [0.2, 0.25) is 0 Å². The number of hydrogen-bond acceptors (Lipinski definition) is 3. The summed E-state index contributed by atoms with van der Waals surface area (Å²) in [6, 6.07) is 10.1. The lowest BCUT2D eigenvalue weighted by molar-refractivity contribution is -0.127. The molecule has 2 bridgehead atoms. The summed E-state index contributed by atoms with van der Waals surface area (Å²) in [5.41, 5.74) is 7.33. The van der Waals surface area contributed by atoms with Crippen molar-refractivity contribution in [2.45, 2.75) is 31.9 Å². The SMILES string of the molecule is NC1C2CCC(C2)C1C(=O)NCCOCc1ccccc1. The number of benzene rings is 1. The molecule has 2 saturated carbocycles. The van der Waals surface area contributed by atoms with Gasteiger partial charge in [0, 0.05) is 12.6 Å². The van der Waals surface area contributed by atoms with Crippen LogP contribution in [0.15, 0.2) is 30.3 Å². The number of fused-ring (bicyclic) bond motifs is 2. The molecule has 2 aliphatic carbocycles. The van der Waals surface area contributed by atoms with Crippen molar-refractivity contribution >= 4 is 5.91 Å². The Kier molecular flexibility index (Phi) is 4.56. The van der Waals surface area contributed by atoms with Gasteiger partial charge in [0.15, 0.2) is 0 Å². The number of nitrogens with one attached hydrogen (secondary N) is 1. The zero-order valence-corrected chi connectivity index (χ0v) is 12.3. The molecule has 4 nitrogen and oxygen atoms in total. The number of ether oxygens (including phenoxy) is 1. The van der Waals surface area contributed by atoms with E-state index < -0.39 is 0 Å². The Morgan fingerprint density at radius 1 is 1.24 bits per heavy atom. The van der Waals surface area contributed by atoms with E-state index in [9.17, 15) is 4.79 Å². The molecule has 4 atom stereocenters. The van der Waals surface area contributed by atoms with E-state index in [0.29, 0.717) is 31.6 Å². The highest BCUT2D eigenvalue weighted by molar-refractivity contribution is 5.80. The second-order valence-corrected chi connectivity index (χ2v) is 6.27.